The van der Waals surface area contributed by atoms with E-state index in [0.29, 0.717) is 5.82 Å². The number of benzene rings is 2. The van der Waals surface area contributed by atoms with Gasteiger partial charge < -0.3 is 0 Å². The molecule has 0 N–H and O–H groups in total. The highest BCUT2D eigenvalue weighted by molar-refractivity contribution is 6.31. The molecule has 1 aliphatic heterocycles. The molecule has 0 spiro atoms. The van der Waals surface area contributed by atoms with E-state index in [9.17, 15) is 0 Å². The van der Waals surface area contributed by atoms with Crippen LogP contribution in [0.15, 0.2) is 47.5 Å². The number of aromatic nitrogens is 3. The van der Waals surface area contributed by atoms with Crippen molar-refractivity contribution < 1.29 is 0 Å². The van der Waals surface area contributed by atoms with Crippen LogP contribution in [0.2, 0.25) is 5.02 Å². The highest BCUT2D eigenvalue weighted by Crippen LogP contribution is 2.44. The van der Waals surface area contributed by atoms with E-state index in [2.05, 4.69) is 37.9 Å². The molecule has 0 radical (unpaired) electrons. The van der Waals surface area contributed by atoms with Gasteiger partial charge in [-0.1, -0.05) is 43.6 Å². The van der Waals surface area contributed by atoms with Crippen molar-refractivity contribution in [3.05, 3.63) is 64.4 Å². The fourth-order valence-corrected chi connectivity index (χ4v) is 3.37. The molecule has 1 aromatic heterocycles. The first-order valence-corrected chi connectivity index (χ1v) is 8.67. The van der Waals surface area contributed by atoms with Gasteiger partial charge in [-0.3, -0.25) is 4.99 Å². The number of para-hydroxylation sites is 1. The molecule has 0 bridgehead atoms. The van der Waals surface area contributed by atoms with Crippen LogP contribution in [-0.2, 0) is 5.41 Å². The summed E-state index contributed by atoms with van der Waals surface area (Å²) in [5, 5.41) is 9.38. The van der Waals surface area contributed by atoms with Gasteiger partial charge >= 0.3 is 0 Å². The first-order valence-electron chi connectivity index (χ1n) is 8.30. The SMILES string of the molecule is CC1(C)N=C(c2nnc3ccccc3n2)c2ccc(Cl)cc2C1(C)C. The van der Waals surface area contributed by atoms with Gasteiger partial charge in [0.25, 0.3) is 0 Å². The van der Waals surface area contributed by atoms with Crippen molar-refractivity contribution in [3.8, 4) is 0 Å². The smallest absolute Gasteiger partial charge is 0.201 e. The normalized spacial score (nSPS) is 17.9. The molecule has 0 atom stereocenters. The molecular weight excluding hydrogens is 332 g/mol. The first kappa shape index (κ1) is 16.2. The highest BCUT2D eigenvalue weighted by atomic mass is 35.5. The van der Waals surface area contributed by atoms with Crippen LogP contribution in [0.4, 0.5) is 0 Å². The summed E-state index contributed by atoms with van der Waals surface area (Å²) >= 11 is 6.29. The summed E-state index contributed by atoms with van der Waals surface area (Å²) < 4.78 is 0. The minimum absolute atomic E-state index is 0.166. The number of fused-ring (bicyclic) bond motifs is 2. The van der Waals surface area contributed by atoms with Crippen molar-refractivity contribution in [2.45, 2.75) is 38.6 Å². The van der Waals surface area contributed by atoms with Gasteiger partial charge in [-0.25, -0.2) is 4.98 Å². The zero-order chi connectivity index (χ0) is 17.8. The Hall–Kier alpha value is -2.33. The maximum Gasteiger partial charge on any atom is 0.201 e. The fraction of sp³-hybridized carbons (Fsp3) is 0.300. The second kappa shape index (κ2) is 5.33. The van der Waals surface area contributed by atoms with E-state index >= 15 is 0 Å². The van der Waals surface area contributed by atoms with E-state index in [1.165, 1.54) is 0 Å². The standard InChI is InChI=1S/C20H19ClN4/c1-19(2)14-11-12(21)9-10-13(14)17(23-20(19,3)4)18-22-15-7-5-6-8-16(15)24-25-18/h5-11H,1-4H3. The molecule has 0 aliphatic carbocycles. The van der Waals surface area contributed by atoms with E-state index in [0.717, 1.165) is 32.9 Å². The van der Waals surface area contributed by atoms with Crippen molar-refractivity contribution in [2.24, 2.45) is 4.99 Å². The molecule has 4 rings (SSSR count). The molecule has 0 saturated carbocycles. The zero-order valence-corrected chi connectivity index (χ0v) is 15.5. The number of halogens is 1. The van der Waals surface area contributed by atoms with Crippen molar-refractivity contribution in [3.63, 3.8) is 0 Å². The molecule has 2 aromatic carbocycles. The molecule has 0 fully saturated rings. The molecular formula is C20H19ClN4. The number of rotatable bonds is 1. The van der Waals surface area contributed by atoms with Crippen LogP contribution in [0.3, 0.4) is 0 Å². The Morgan fingerprint density at radius 3 is 2.36 bits per heavy atom. The Morgan fingerprint density at radius 1 is 0.880 bits per heavy atom. The third-order valence-electron chi connectivity index (χ3n) is 5.40. The summed E-state index contributed by atoms with van der Waals surface area (Å²) in [5.41, 5.74) is 4.05. The summed E-state index contributed by atoms with van der Waals surface area (Å²) in [6.07, 6.45) is 0. The van der Waals surface area contributed by atoms with Gasteiger partial charge in [-0.05, 0) is 43.7 Å². The number of hydrogen-bond donors (Lipinski definition) is 0. The van der Waals surface area contributed by atoms with Crippen molar-refractivity contribution >= 4 is 28.3 Å². The molecule has 4 nitrogen and oxygen atoms in total. The first-order chi connectivity index (χ1) is 11.8. The van der Waals surface area contributed by atoms with Gasteiger partial charge in [-0.2, -0.15) is 0 Å². The quantitative estimate of drug-likeness (QED) is 0.645. The lowest BCUT2D eigenvalue weighted by atomic mass is 9.66. The summed E-state index contributed by atoms with van der Waals surface area (Å²) in [7, 11) is 0. The van der Waals surface area contributed by atoms with Gasteiger partial charge in [0, 0.05) is 16.0 Å². The van der Waals surface area contributed by atoms with Gasteiger partial charge in [0.05, 0.1) is 11.1 Å². The molecule has 25 heavy (non-hydrogen) atoms. The van der Waals surface area contributed by atoms with E-state index in [4.69, 9.17) is 21.6 Å². The van der Waals surface area contributed by atoms with Gasteiger partial charge in [0.2, 0.25) is 5.82 Å². The average molecular weight is 351 g/mol. The minimum atomic E-state index is -0.324. The molecule has 126 valence electrons. The summed E-state index contributed by atoms with van der Waals surface area (Å²) in [6.45, 7) is 8.65. The van der Waals surface area contributed by atoms with Crippen molar-refractivity contribution in [2.75, 3.05) is 0 Å². The summed E-state index contributed by atoms with van der Waals surface area (Å²) in [6, 6.07) is 13.6. The van der Waals surface area contributed by atoms with Gasteiger partial charge in [-0.15, -0.1) is 10.2 Å². The maximum atomic E-state index is 6.29. The van der Waals surface area contributed by atoms with Crippen LogP contribution in [0.1, 0.15) is 44.6 Å². The lowest BCUT2D eigenvalue weighted by molar-refractivity contribution is 0.303. The second-order valence-corrected chi connectivity index (χ2v) is 7.89. The van der Waals surface area contributed by atoms with E-state index < -0.39 is 0 Å². The lowest BCUT2D eigenvalue weighted by Gasteiger charge is -2.44. The van der Waals surface area contributed by atoms with Crippen LogP contribution in [-0.4, -0.2) is 26.4 Å². The maximum absolute atomic E-state index is 6.29. The molecule has 1 aliphatic rings. The van der Waals surface area contributed by atoms with Gasteiger partial charge in [0.15, 0.2) is 0 Å². The van der Waals surface area contributed by atoms with E-state index in [1.807, 2.05) is 42.5 Å². The topological polar surface area (TPSA) is 51.0 Å². The third kappa shape index (κ3) is 2.44. The third-order valence-corrected chi connectivity index (χ3v) is 5.64. The second-order valence-electron chi connectivity index (χ2n) is 7.46. The molecule has 2 heterocycles. The number of aliphatic imine (C=N–C) groups is 1. The predicted molar refractivity (Wildman–Crippen MR) is 102 cm³/mol. The van der Waals surface area contributed by atoms with Gasteiger partial charge in [0.1, 0.15) is 11.2 Å². The van der Waals surface area contributed by atoms with E-state index in [-0.39, 0.29) is 11.0 Å². The number of hydrogen-bond acceptors (Lipinski definition) is 4. The average Bonchev–Trinajstić information content (AvgIpc) is 2.58. The Morgan fingerprint density at radius 2 is 1.60 bits per heavy atom. The Labute approximate surface area is 152 Å². The molecule has 5 heteroatoms. The Balaban J connectivity index is 1.98. The van der Waals surface area contributed by atoms with Crippen LogP contribution in [0.25, 0.3) is 11.0 Å². The fourth-order valence-electron chi connectivity index (χ4n) is 3.20. The highest BCUT2D eigenvalue weighted by Gasteiger charge is 2.44. The molecule has 0 amide bonds. The lowest BCUT2D eigenvalue weighted by Crippen LogP contribution is -2.46. The van der Waals surface area contributed by atoms with Crippen molar-refractivity contribution in [1.29, 1.82) is 0 Å². The largest absolute Gasteiger partial charge is 0.274 e. The Kier molecular flexibility index (Phi) is 3.45. The summed E-state index contributed by atoms with van der Waals surface area (Å²) in [4.78, 5) is 9.72. The Bertz CT molecular complexity index is 1020. The monoisotopic (exact) mass is 350 g/mol. The van der Waals surface area contributed by atoms with Crippen LogP contribution < -0.4 is 0 Å². The van der Waals surface area contributed by atoms with Crippen LogP contribution >= 0.6 is 11.6 Å². The molecule has 0 saturated heterocycles. The predicted octanol–water partition coefficient (Wildman–Crippen LogP) is 4.59. The van der Waals surface area contributed by atoms with Crippen LogP contribution in [0, 0.1) is 0 Å². The van der Waals surface area contributed by atoms with Crippen LogP contribution in [0.5, 0.6) is 0 Å². The molecule has 3 aromatic rings. The zero-order valence-electron chi connectivity index (χ0n) is 14.7. The molecule has 0 unspecified atom stereocenters. The van der Waals surface area contributed by atoms with E-state index in [1.54, 1.807) is 0 Å². The van der Waals surface area contributed by atoms with Crippen molar-refractivity contribution in [1.82, 2.24) is 15.2 Å². The minimum Gasteiger partial charge on any atom is -0.274 e. The summed E-state index contributed by atoms with van der Waals surface area (Å²) in [5.74, 6) is 0.547. The number of nitrogens with zero attached hydrogens (tertiary/aromatic N) is 4.